The second-order valence-electron chi connectivity index (χ2n) is 7.54. The molecule has 3 rings (SSSR count). The fourth-order valence-corrected chi connectivity index (χ4v) is 3.82. The van der Waals surface area contributed by atoms with Crippen LogP contribution in [0.1, 0.15) is 34.2 Å². The number of rotatable bonds is 8. The summed E-state index contributed by atoms with van der Waals surface area (Å²) in [6.07, 6.45) is -7.89. The highest BCUT2D eigenvalue weighted by atomic mass is 32.1. The van der Waals surface area contributed by atoms with E-state index in [9.17, 15) is 36.4 Å². The second-order valence-corrected chi connectivity index (χ2v) is 8.61. The van der Waals surface area contributed by atoms with Crippen molar-refractivity contribution >= 4 is 28.5 Å². The van der Waals surface area contributed by atoms with Crippen LogP contribution in [0, 0.1) is 11.3 Å². The number of hydrogen-bond donors (Lipinski definition) is 1. The largest absolute Gasteiger partial charge is 0.493 e. The first-order chi connectivity index (χ1) is 17.8. The van der Waals surface area contributed by atoms with E-state index in [0.717, 1.165) is 11.3 Å². The molecule has 1 heterocycles. The Kier molecular flexibility index (Phi) is 8.62. The number of carbonyl (C=O) groups excluding carboxylic acids is 1. The number of ether oxygens (including phenoxy) is 2. The summed E-state index contributed by atoms with van der Waals surface area (Å²) in [6, 6.07) is 6.87. The monoisotopic (exact) mass is 556 g/mol. The van der Waals surface area contributed by atoms with Crippen LogP contribution in [-0.2, 0) is 30.2 Å². The van der Waals surface area contributed by atoms with Crippen molar-refractivity contribution < 1.29 is 40.6 Å². The van der Waals surface area contributed by atoms with E-state index in [1.165, 1.54) is 31.4 Å². The third-order valence-corrected chi connectivity index (χ3v) is 5.96. The molecule has 0 saturated heterocycles. The Labute approximate surface area is 216 Å². The molecule has 14 heteroatoms. The number of nitrogens with one attached hydrogen (secondary N) is 1. The van der Waals surface area contributed by atoms with Gasteiger partial charge in [-0.3, -0.25) is 10.1 Å². The van der Waals surface area contributed by atoms with Gasteiger partial charge < -0.3 is 9.47 Å². The molecule has 0 unspecified atom stereocenters. The number of benzene rings is 2. The summed E-state index contributed by atoms with van der Waals surface area (Å²) < 4.78 is 89.7. The number of nitrogens with zero attached hydrogens (tertiary/aromatic N) is 3. The van der Waals surface area contributed by atoms with Gasteiger partial charge in [0.15, 0.2) is 11.5 Å². The van der Waals surface area contributed by atoms with E-state index in [-0.39, 0.29) is 22.2 Å². The summed E-state index contributed by atoms with van der Waals surface area (Å²) in [5.74, 6) is -0.803. The highest BCUT2D eigenvalue weighted by molar-refractivity contribution is 7.15. The summed E-state index contributed by atoms with van der Waals surface area (Å²) in [6.45, 7) is 1.03. The fourth-order valence-electron chi connectivity index (χ4n) is 3.14. The van der Waals surface area contributed by atoms with Crippen LogP contribution in [0.15, 0.2) is 42.0 Å². The minimum absolute atomic E-state index is 0.00805. The van der Waals surface area contributed by atoms with E-state index >= 15 is 0 Å². The molecular formula is C24H18F6N4O3S. The van der Waals surface area contributed by atoms with Gasteiger partial charge in [0.2, 0.25) is 5.13 Å². The van der Waals surface area contributed by atoms with Crippen LogP contribution in [-0.4, -0.2) is 23.2 Å². The summed E-state index contributed by atoms with van der Waals surface area (Å²) in [5.41, 5.74) is -3.21. The zero-order valence-corrected chi connectivity index (χ0v) is 20.5. The molecule has 1 amide bonds. The molecule has 0 spiro atoms. The molecule has 0 aliphatic rings. The maximum absolute atomic E-state index is 13.3. The van der Waals surface area contributed by atoms with Gasteiger partial charge in [0.05, 0.1) is 18.2 Å². The molecule has 0 radical (unpaired) electrons. The number of nitriles is 1. The van der Waals surface area contributed by atoms with Gasteiger partial charge in [-0.1, -0.05) is 24.3 Å². The number of anilines is 1. The Bertz CT molecular complexity index is 1390. The molecule has 0 aliphatic carbocycles. The van der Waals surface area contributed by atoms with E-state index in [0.29, 0.717) is 35.2 Å². The Balaban J connectivity index is 1.83. The lowest BCUT2D eigenvalue weighted by atomic mass is 10.0. The first kappa shape index (κ1) is 28.5. The number of halogens is 6. The average molecular weight is 556 g/mol. The Morgan fingerprint density at radius 2 is 1.82 bits per heavy atom. The lowest BCUT2D eigenvalue weighted by Gasteiger charge is -2.17. The predicted molar refractivity (Wildman–Crippen MR) is 125 cm³/mol. The Hall–Kier alpha value is -4.12. The fraction of sp³-hybridized carbons (Fsp3) is 0.250. The third kappa shape index (κ3) is 7.00. The highest BCUT2D eigenvalue weighted by Crippen LogP contribution is 2.38. The SMILES string of the molecule is CCc1nnc(NC(=O)/C(C#N)=C/c2ccc(OCc3cc(C(F)(F)F)ccc3C(F)(F)F)c(OC)c2)s1. The van der Waals surface area contributed by atoms with Crippen molar-refractivity contribution in [2.24, 2.45) is 0 Å². The number of aryl methyl sites for hydroxylation is 1. The lowest BCUT2D eigenvalue weighted by molar-refractivity contribution is -0.142. The molecule has 2 aromatic carbocycles. The minimum Gasteiger partial charge on any atom is -0.493 e. The van der Waals surface area contributed by atoms with Crippen molar-refractivity contribution in [1.82, 2.24) is 10.2 Å². The van der Waals surface area contributed by atoms with Gasteiger partial charge in [0, 0.05) is 5.56 Å². The van der Waals surface area contributed by atoms with Gasteiger partial charge >= 0.3 is 12.4 Å². The standard InChI is InChI=1S/C24H18F6N4O3S/c1-3-20-33-34-22(38-20)32-21(35)14(11-31)8-13-4-7-18(19(9-13)36-2)37-12-15-10-16(23(25,26)27)5-6-17(15)24(28,29)30/h4-10H,3,12H2,1-2H3,(H,32,34,35)/b14-8+. The van der Waals surface area contributed by atoms with Gasteiger partial charge in [-0.25, -0.2) is 0 Å². The molecule has 200 valence electrons. The van der Waals surface area contributed by atoms with Gasteiger partial charge in [-0.2, -0.15) is 31.6 Å². The van der Waals surface area contributed by atoms with Crippen LogP contribution in [0.2, 0.25) is 0 Å². The summed E-state index contributed by atoms with van der Waals surface area (Å²) >= 11 is 1.15. The Morgan fingerprint density at radius 3 is 2.39 bits per heavy atom. The van der Waals surface area contributed by atoms with Gasteiger partial charge in [0.25, 0.3) is 5.91 Å². The van der Waals surface area contributed by atoms with Crippen molar-refractivity contribution in [2.75, 3.05) is 12.4 Å². The van der Waals surface area contributed by atoms with Crippen molar-refractivity contribution in [1.29, 1.82) is 5.26 Å². The first-order valence-electron chi connectivity index (χ1n) is 10.7. The van der Waals surface area contributed by atoms with E-state index in [4.69, 9.17) is 9.47 Å². The highest BCUT2D eigenvalue weighted by Gasteiger charge is 2.37. The van der Waals surface area contributed by atoms with Crippen LogP contribution >= 0.6 is 11.3 Å². The smallest absolute Gasteiger partial charge is 0.416 e. The molecule has 0 aliphatic heterocycles. The van der Waals surface area contributed by atoms with Crippen LogP contribution in [0.4, 0.5) is 31.5 Å². The molecule has 38 heavy (non-hydrogen) atoms. The third-order valence-electron chi connectivity index (χ3n) is 4.97. The molecule has 0 atom stereocenters. The zero-order chi connectivity index (χ0) is 28.1. The van der Waals surface area contributed by atoms with Crippen molar-refractivity contribution in [3.63, 3.8) is 0 Å². The normalized spacial score (nSPS) is 12.1. The molecule has 0 bridgehead atoms. The van der Waals surface area contributed by atoms with Crippen molar-refractivity contribution in [3.8, 4) is 17.6 Å². The number of aromatic nitrogens is 2. The molecule has 3 aromatic rings. The average Bonchev–Trinajstić information content (AvgIpc) is 3.32. The summed E-state index contributed by atoms with van der Waals surface area (Å²) in [5, 5.41) is 20.4. The van der Waals surface area contributed by atoms with E-state index in [1.807, 2.05) is 6.92 Å². The maximum atomic E-state index is 13.3. The number of amides is 1. The number of hydrogen-bond acceptors (Lipinski definition) is 7. The topological polar surface area (TPSA) is 97.1 Å². The van der Waals surface area contributed by atoms with Crippen molar-refractivity contribution in [3.05, 3.63) is 69.2 Å². The van der Waals surface area contributed by atoms with Crippen LogP contribution in [0.3, 0.4) is 0 Å². The second kappa shape index (κ2) is 11.5. The maximum Gasteiger partial charge on any atom is 0.416 e. The number of carbonyl (C=O) groups is 1. The molecule has 0 saturated carbocycles. The van der Waals surface area contributed by atoms with E-state index < -0.39 is 41.6 Å². The molecule has 0 fully saturated rings. The van der Waals surface area contributed by atoms with Gasteiger partial charge in [-0.05, 0) is 48.4 Å². The molecule has 7 nitrogen and oxygen atoms in total. The van der Waals surface area contributed by atoms with Crippen LogP contribution in [0.5, 0.6) is 11.5 Å². The lowest BCUT2D eigenvalue weighted by Crippen LogP contribution is -2.14. The summed E-state index contributed by atoms with van der Waals surface area (Å²) in [7, 11) is 1.24. The first-order valence-corrected chi connectivity index (χ1v) is 11.5. The van der Waals surface area contributed by atoms with E-state index in [2.05, 4.69) is 15.5 Å². The number of alkyl halides is 6. The molecule has 1 aromatic heterocycles. The Morgan fingerprint density at radius 1 is 1.08 bits per heavy atom. The molecular weight excluding hydrogens is 538 g/mol. The van der Waals surface area contributed by atoms with Crippen molar-refractivity contribution in [2.45, 2.75) is 32.3 Å². The van der Waals surface area contributed by atoms with E-state index in [1.54, 1.807) is 6.07 Å². The molecule has 1 N–H and O–H groups in total. The van der Waals surface area contributed by atoms with Gasteiger partial charge in [-0.15, -0.1) is 10.2 Å². The number of methoxy groups -OCH3 is 1. The summed E-state index contributed by atoms with van der Waals surface area (Å²) in [4.78, 5) is 12.4. The zero-order valence-electron chi connectivity index (χ0n) is 19.7. The van der Waals surface area contributed by atoms with Crippen LogP contribution in [0.25, 0.3) is 6.08 Å². The van der Waals surface area contributed by atoms with Gasteiger partial charge in [0.1, 0.15) is 23.3 Å². The quantitative estimate of drug-likeness (QED) is 0.200. The minimum atomic E-state index is -4.90. The van der Waals surface area contributed by atoms with Crippen LogP contribution < -0.4 is 14.8 Å². The predicted octanol–water partition coefficient (Wildman–Crippen LogP) is 6.27.